The first-order valence-corrected chi connectivity index (χ1v) is 9.25. The van der Waals surface area contributed by atoms with E-state index >= 15 is 0 Å². The monoisotopic (exact) mass is 368 g/mol. The van der Waals surface area contributed by atoms with Crippen LogP contribution in [0.1, 0.15) is 19.4 Å². The fourth-order valence-electron chi connectivity index (χ4n) is 2.43. The molecular formula is C20H20N2O3S. The number of amides is 1. The second-order valence-electron chi connectivity index (χ2n) is 5.37. The first-order valence-electron chi connectivity index (χ1n) is 8.44. The number of carbonyl (C=O) groups excluding carboxylic acids is 1. The van der Waals surface area contributed by atoms with Crippen LogP contribution in [0.5, 0.6) is 11.5 Å². The lowest BCUT2D eigenvalue weighted by molar-refractivity contribution is -0.111. The quantitative estimate of drug-likeness (QED) is 0.612. The van der Waals surface area contributed by atoms with Crippen molar-refractivity contribution in [3.8, 4) is 11.5 Å². The number of thiazole rings is 1. The zero-order chi connectivity index (χ0) is 18.4. The van der Waals surface area contributed by atoms with Gasteiger partial charge >= 0.3 is 0 Å². The van der Waals surface area contributed by atoms with Gasteiger partial charge in [-0.2, -0.15) is 0 Å². The predicted octanol–water partition coefficient (Wildman–Crippen LogP) is 4.75. The molecule has 0 unspecified atom stereocenters. The van der Waals surface area contributed by atoms with Gasteiger partial charge < -0.3 is 9.47 Å². The van der Waals surface area contributed by atoms with Crippen LogP contribution in [0.4, 0.5) is 5.13 Å². The zero-order valence-corrected chi connectivity index (χ0v) is 15.5. The molecule has 0 aliphatic carbocycles. The van der Waals surface area contributed by atoms with Gasteiger partial charge in [-0.3, -0.25) is 10.1 Å². The molecule has 1 heterocycles. The molecule has 3 aromatic rings. The Balaban J connectivity index is 1.71. The summed E-state index contributed by atoms with van der Waals surface area (Å²) in [5.41, 5.74) is 1.69. The number of anilines is 1. The van der Waals surface area contributed by atoms with E-state index in [9.17, 15) is 4.79 Å². The Morgan fingerprint density at radius 2 is 1.96 bits per heavy atom. The molecule has 0 saturated heterocycles. The van der Waals surface area contributed by atoms with Crippen molar-refractivity contribution in [3.05, 3.63) is 54.1 Å². The van der Waals surface area contributed by atoms with Crippen molar-refractivity contribution < 1.29 is 14.3 Å². The standard InChI is InChI=1S/C20H20N2O3S/c1-3-24-15-10-11-16-18(13-15)26-20(21-16)22-19(23)12-9-14-7-5-6-8-17(14)25-4-2/h5-13H,3-4H2,1-2H3,(H,21,22,23)/b12-9+. The van der Waals surface area contributed by atoms with Gasteiger partial charge in [0.15, 0.2) is 5.13 Å². The number of hydrogen-bond acceptors (Lipinski definition) is 5. The van der Waals surface area contributed by atoms with Crippen molar-refractivity contribution in [3.63, 3.8) is 0 Å². The fourth-order valence-corrected chi connectivity index (χ4v) is 3.33. The van der Waals surface area contributed by atoms with Gasteiger partial charge in [0.25, 0.3) is 0 Å². The first-order chi connectivity index (χ1) is 12.7. The zero-order valence-electron chi connectivity index (χ0n) is 14.7. The Bertz CT molecular complexity index is 934. The number of nitrogens with one attached hydrogen (secondary N) is 1. The van der Waals surface area contributed by atoms with Gasteiger partial charge in [0.1, 0.15) is 11.5 Å². The predicted molar refractivity (Wildman–Crippen MR) is 106 cm³/mol. The van der Waals surface area contributed by atoms with Crippen LogP contribution in [-0.2, 0) is 4.79 Å². The summed E-state index contributed by atoms with van der Waals surface area (Å²) >= 11 is 1.42. The lowest BCUT2D eigenvalue weighted by atomic mass is 10.2. The molecule has 0 spiro atoms. The molecule has 2 aromatic carbocycles. The maximum Gasteiger partial charge on any atom is 0.250 e. The van der Waals surface area contributed by atoms with E-state index in [-0.39, 0.29) is 5.91 Å². The molecule has 26 heavy (non-hydrogen) atoms. The molecule has 5 nitrogen and oxygen atoms in total. The summed E-state index contributed by atoms with van der Waals surface area (Å²) in [5.74, 6) is 1.32. The van der Waals surface area contributed by atoms with E-state index in [1.165, 1.54) is 17.4 Å². The van der Waals surface area contributed by atoms with Crippen LogP contribution in [0, 0.1) is 0 Å². The lowest BCUT2D eigenvalue weighted by Gasteiger charge is -2.06. The molecular weight excluding hydrogens is 348 g/mol. The number of ether oxygens (including phenoxy) is 2. The molecule has 0 radical (unpaired) electrons. The van der Waals surface area contributed by atoms with Gasteiger partial charge in [0.05, 0.1) is 23.4 Å². The highest BCUT2D eigenvalue weighted by molar-refractivity contribution is 7.22. The summed E-state index contributed by atoms with van der Waals surface area (Å²) in [6, 6.07) is 13.3. The number of fused-ring (bicyclic) bond motifs is 1. The molecule has 0 saturated carbocycles. The number of benzene rings is 2. The van der Waals surface area contributed by atoms with Crippen LogP contribution in [0.2, 0.25) is 0 Å². The van der Waals surface area contributed by atoms with E-state index < -0.39 is 0 Å². The van der Waals surface area contributed by atoms with E-state index in [4.69, 9.17) is 9.47 Å². The summed E-state index contributed by atoms with van der Waals surface area (Å²) in [5, 5.41) is 3.36. The van der Waals surface area contributed by atoms with Gasteiger partial charge in [-0.1, -0.05) is 29.5 Å². The Kier molecular flexibility index (Phi) is 5.86. The summed E-state index contributed by atoms with van der Waals surface area (Å²) in [7, 11) is 0. The molecule has 6 heteroatoms. The molecule has 3 rings (SSSR count). The molecule has 1 aromatic heterocycles. The van der Waals surface area contributed by atoms with E-state index in [2.05, 4.69) is 10.3 Å². The van der Waals surface area contributed by atoms with Crippen molar-refractivity contribution in [2.24, 2.45) is 0 Å². The maximum absolute atomic E-state index is 12.2. The van der Waals surface area contributed by atoms with Crippen molar-refractivity contribution in [2.45, 2.75) is 13.8 Å². The minimum atomic E-state index is -0.236. The number of nitrogens with zero attached hydrogens (tertiary/aromatic N) is 1. The summed E-state index contributed by atoms with van der Waals surface area (Å²) < 4.78 is 12.0. The van der Waals surface area contributed by atoms with Crippen LogP contribution in [-0.4, -0.2) is 24.1 Å². The highest BCUT2D eigenvalue weighted by atomic mass is 32.1. The third-order valence-corrected chi connectivity index (χ3v) is 4.47. The largest absolute Gasteiger partial charge is 0.494 e. The molecule has 0 aliphatic heterocycles. The average molecular weight is 368 g/mol. The average Bonchev–Trinajstić information content (AvgIpc) is 3.03. The molecule has 1 N–H and O–H groups in total. The Hall–Kier alpha value is -2.86. The lowest BCUT2D eigenvalue weighted by Crippen LogP contribution is -2.07. The van der Waals surface area contributed by atoms with Crippen LogP contribution < -0.4 is 14.8 Å². The van der Waals surface area contributed by atoms with E-state index in [0.717, 1.165) is 27.3 Å². The number of para-hydroxylation sites is 1. The summed E-state index contributed by atoms with van der Waals surface area (Å²) in [6.07, 6.45) is 3.22. The number of rotatable bonds is 7. The summed E-state index contributed by atoms with van der Waals surface area (Å²) in [4.78, 5) is 16.6. The number of carbonyl (C=O) groups is 1. The van der Waals surface area contributed by atoms with Crippen LogP contribution in [0.25, 0.3) is 16.3 Å². The van der Waals surface area contributed by atoms with Gasteiger partial charge in [-0.05, 0) is 44.2 Å². The first kappa shape index (κ1) is 17.9. The SMILES string of the molecule is CCOc1ccc2nc(NC(=O)/C=C/c3ccccc3OCC)sc2c1. The minimum Gasteiger partial charge on any atom is -0.494 e. The van der Waals surface area contributed by atoms with Gasteiger partial charge in [0, 0.05) is 11.6 Å². The molecule has 0 bridgehead atoms. The molecule has 0 aliphatic rings. The Morgan fingerprint density at radius 3 is 2.77 bits per heavy atom. The van der Waals surface area contributed by atoms with Gasteiger partial charge in [0.2, 0.25) is 5.91 Å². The van der Waals surface area contributed by atoms with E-state index in [1.807, 2.05) is 56.3 Å². The third kappa shape index (κ3) is 4.40. The third-order valence-electron chi connectivity index (χ3n) is 3.53. The van der Waals surface area contributed by atoms with Crippen LogP contribution in [0.15, 0.2) is 48.5 Å². The van der Waals surface area contributed by atoms with Gasteiger partial charge in [-0.15, -0.1) is 0 Å². The maximum atomic E-state index is 12.2. The number of aromatic nitrogens is 1. The van der Waals surface area contributed by atoms with Crippen LogP contribution >= 0.6 is 11.3 Å². The van der Waals surface area contributed by atoms with Crippen molar-refractivity contribution in [1.82, 2.24) is 4.98 Å². The normalized spacial score (nSPS) is 11.0. The second-order valence-corrected chi connectivity index (χ2v) is 6.41. The van der Waals surface area contributed by atoms with Crippen molar-refractivity contribution in [2.75, 3.05) is 18.5 Å². The van der Waals surface area contributed by atoms with Crippen molar-refractivity contribution in [1.29, 1.82) is 0 Å². The fraction of sp³-hybridized carbons (Fsp3) is 0.200. The Labute approximate surface area is 156 Å². The van der Waals surface area contributed by atoms with Gasteiger partial charge in [-0.25, -0.2) is 4.98 Å². The van der Waals surface area contributed by atoms with Crippen molar-refractivity contribution >= 4 is 38.7 Å². The smallest absolute Gasteiger partial charge is 0.250 e. The summed E-state index contributed by atoms with van der Waals surface area (Å²) in [6.45, 7) is 5.06. The topological polar surface area (TPSA) is 60.5 Å². The minimum absolute atomic E-state index is 0.236. The number of hydrogen-bond donors (Lipinski definition) is 1. The van der Waals surface area contributed by atoms with E-state index in [0.29, 0.717) is 18.3 Å². The second kappa shape index (κ2) is 8.49. The molecule has 1 amide bonds. The van der Waals surface area contributed by atoms with E-state index in [1.54, 1.807) is 6.08 Å². The molecule has 134 valence electrons. The highest BCUT2D eigenvalue weighted by Crippen LogP contribution is 2.29. The van der Waals surface area contributed by atoms with Crippen LogP contribution in [0.3, 0.4) is 0 Å². The Morgan fingerprint density at radius 1 is 1.15 bits per heavy atom. The molecule has 0 atom stereocenters. The highest BCUT2D eigenvalue weighted by Gasteiger charge is 2.07. The molecule has 0 fully saturated rings.